The average Bonchev–Trinajstić information content (AvgIpc) is 2.29. The van der Waals surface area contributed by atoms with Crippen molar-refractivity contribution in [2.24, 2.45) is 0 Å². The number of amides is 1. The van der Waals surface area contributed by atoms with Crippen molar-refractivity contribution in [1.29, 1.82) is 0 Å². The molecule has 0 aromatic heterocycles. The Morgan fingerprint density at radius 1 is 0.875 bits per heavy atom. The Morgan fingerprint density at radius 3 is 2.00 bits per heavy atom. The maximum atomic E-state index is 11.4. The van der Waals surface area contributed by atoms with Crippen molar-refractivity contribution in [3.05, 3.63) is 0 Å². The van der Waals surface area contributed by atoms with Crippen molar-refractivity contribution in [3.8, 4) is 0 Å². The first kappa shape index (κ1) is 13.5. The smallest absolute Gasteiger partial charge is 0.248 e. The molecule has 0 bridgehead atoms. The number of hydrogen-bond acceptors (Lipinski definition) is 2. The molecule has 1 fully saturated rings. The van der Waals surface area contributed by atoms with Gasteiger partial charge in [-0.25, -0.2) is 0 Å². The number of rotatable bonds is 0. The Hall–Kier alpha value is -0.570. The highest BCUT2D eigenvalue weighted by Gasteiger charge is 2.13. The SMILES string of the molecule is O=C1NCCCCCCCCCCCC1O. The topological polar surface area (TPSA) is 49.3 Å². The maximum Gasteiger partial charge on any atom is 0.248 e. The zero-order valence-corrected chi connectivity index (χ0v) is 10.2. The molecule has 94 valence electrons. The first-order valence-electron chi connectivity index (χ1n) is 6.76. The van der Waals surface area contributed by atoms with E-state index >= 15 is 0 Å². The lowest BCUT2D eigenvalue weighted by Crippen LogP contribution is -2.35. The molecule has 0 saturated carbocycles. The first-order valence-corrected chi connectivity index (χ1v) is 6.76. The number of nitrogens with one attached hydrogen (secondary N) is 1. The van der Waals surface area contributed by atoms with Crippen LogP contribution in [0.2, 0.25) is 0 Å². The summed E-state index contributed by atoms with van der Waals surface area (Å²) < 4.78 is 0. The molecular weight excluding hydrogens is 202 g/mol. The van der Waals surface area contributed by atoms with E-state index in [1.165, 1.54) is 38.5 Å². The second-order valence-electron chi connectivity index (χ2n) is 4.78. The third-order valence-electron chi connectivity index (χ3n) is 3.26. The molecule has 1 aliphatic heterocycles. The van der Waals surface area contributed by atoms with Gasteiger partial charge in [-0.05, 0) is 12.8 Å². The van der Waals surface area contributed by atoms with Crippen molar-refractivity contribution in [1.82, 2.24) is 5.32 Å². The Labute approximate surface area is 98.6 Å². The zero-order valence-electron chi connectivity index (χ0n) is 10.2. The number of carbonyl (C=O) groups excluding carboxylic acids is 1. The lowest BCUT2D eigenvalue weighted by atomic mass is 10.0. The molecule has 1 saturated heterocycles. The first-order chi connectivity index (χ1) is 7.80. The van der Waals surface area contributed by atoms with Gasteiger partial charge in [-0.15, -0.1) is 0 Å². The second-order valence-corrected chi connectivity index (χ2v) is 4.78. The van der Waals surface area contributed by atoms with Gasteiger partial charge in [0.15, 0.2) is 0 Å². The van der Waals surface area contributed by atoms with Crippen LogP contribution in [-0.4, -0.2) is 23.7 Å². The predicted octanol–water partition coefficient (Wildman–Crippen LogP) is 2.38. The summed E-state index contributed by atoms with van der Waals surface area (Å²) in [5.41, 5.74) is 0. The van der Waals surface area contributed by atoms with E-state index in [1.54, 1.807) is 0 Å². The fraction of sp³-hybridized carbons (Fsp3) is 0.923. The molecule has 0 aromatic rings. The lowest BCUT2D eigenvalue weighted by molar-refractivity contribution is -0.129. The minimum Gasteiger partial charge on any atom is -0.383 e. The van der Waals surface area contributed by atoms with Crippen molar-refractivity contribution in [3.63, 3.8) is 0 Å². The molecule has 0 aromatic carbocycles. The summed E-state index contributed by atoms with van der Waals surface area (Å²) >= 11 is 0. The van der Waals surface area contributed by atoms with Gasteiger partial charge in [-0.1, -0.05) is 51.4 Å². The van der Waals surface area contributed by atoms with Gasteiger partial charge in [0.1, 0.15) is 6.10 Å². The minimum atomic E-state index is -0.789. The quantitative estimate of drug-likeness (QED) is 0.667. The fourth-order valence-electron chi connectivity index (χ4n) is 2.16. The van der Waals surface area contributed by atoms with E-state index in [0.29, 0.717) is 6.42 Å². The molecule has 16 heavy (non-hydrogen) atoms. The van der Waals surface area contributed by atoms with Crippen LogP contribution >= 0.6 is 0 Å². The minimum absolute atomic E-state index is 0.183. The summed E-state index contributed by atoms with van der Waals surface area (Å²) in [7, 11) is 0. The summed E-state index contributed by atoms with van der Waals surface area (Å²) in [6, 6.07) is 0. The maximum absolute atomic E-state index is 11.4. The largest absolute Gasteiger partial charge is 0.383 e. The molecular formula is C13H25NO2. The molecule has 0 aliphatic carbocycles. The van der Waals surface area contributed by atoms with Crippen LogP contribution in [0, 0.1) is 0 Å². The second kappa shape index (κ2) is 8.57. The van der Waals surface area contributed by atoms with Crippen LogP contribution in [0.25, 0.3) is 0 Å². The Morgan fingerprint density at radius 2 is 1.38 bits per heavy atom. The van der Waals surface area contributed by atoms with E-state index in [1.807, 2.05) is 0 Å². The summed E-state index contributed by atoms with van der Waals surface area (Å²) in [5, 5.41) is 12.4. The molecule has 1 heterocycles. The molecule has 1 unspecified atom stereocenters. The van der Waals surface area contributed by atoms with E-state index in [9.17, 15) is 9.90 Å². The van der Waals surface area contributed by atoms with Crippen LogP contribution in [0.15, 0.2) is 0 Å². The van der Waals surface area contributed by atoms with E-state index in [4.69, 9.17) is 0 Å². The molecule has 3 heteroatoms. The normalized spacial score (nSPS) is 26.8. The number of aliphatic hydroxyl groups excluding tert-OH is 1. The van der Waals surface area contributed by atoms with E-state index in [0.717, 1.165) is 25.8 Å². The Kier molecular flexibility index (Phi) is 7.23. The molecule has 0 spiro atoms. The summed E-state index contributed by atoms with van der Waals surface area (Å²) in [4.78, 5) is 11.4. The molecule has 3 nitrogen and oxygen atoms in total. The summed E-state index contributed by atoms with van der Waals surface area (Å²) in [6.07, 6.45) is 10.7. The molecule has 1 aliphatic rings. The number of hydrogen-bond donors (Lipinski definition) is 2. The third kappa shape index (κ3) is 6.11. The predicted molar refractivity (Wildman–Crippen MR) is 65.2 cm³/mol. The lowest BCUT2D eigenvalue weighted by Gasteiger charge is -2.12. The van der Waals surface area contributed by atoms with E-state index < -0.39 is 6.10 Å². The van der Waals surface area contributed by atoms with Crippen LogP contribution < -0.4 is 5.32 Å². The van der Waals surface area contributed by atoms with Gasteiger partial charge >= 0.3 is 0 Å². The van der Waals surface area contributed by atoms with Gasteiger partial charge in [-0.2, -0.15) is 0 Å². The standard InChI is InChI=1S/C13H25NO2/c15-12-10-8-6-4-2-1-3-5-7-9-11-14-13(12)16/h12,15H,1-11H2,(H,14,16). The molecule has 1 atom stereocenters. The highest BCUT2D eigenvalue weighted by Crippen LogP contribution is 2.12. The molecule has 0 radical (unpaired) electrons. The van der Waals surface area contributed by atoms with Crippen LogP contribution in [0.3, 0.4) is 0 Å². The van der Waals surface area contributed by atoms with Gasteiger partial charge in [-0.3, -0.25) is 4.79 Å². The highest BCUT2D eigenvalue weighted by molar-refractivity contribution is 5.80. The Balaban J connectivity index is 2.24. The summed E-state index contributed by atoms with van der Waals surface area (Å²) in [5.74, 6) is -0.183. The molecule has 1 rings (SSSR count). The Bertz CT molecular complexity index is 194. The van der Waals surface area contributed by atoms with Gasteiger partial charge in [0.05, 0.1) is 0 Å². The van der Waals surface area contributed by atoms with Crippen molar-refractivity contribution in [2.75, 3.05) is 6.54 Å². The zero-order chi connectivity index (χ0) is 11.6. The fourth-order valence-corrected chi connectivity index (χ4v) is 2.16. The van der Waals surface area contributed by atoms with Crippen molar-refractivity contribution >= 4 is 5.91 Å². The van der Waals surface area contributed by atoms with E-state index in [-0.39, 0.29) is 5.91 Å². The summed E-state index contributed by atoms with van der Waals surface area (Å²) in [6.45, 7) is 0.718. The average molecular weight is 227 g/mol. The highest BCUT2D eigenvalue weighted by atomic mass is 16.3. The molecule has 1 amide bonds. The van der Waals surface area contributed by atoms with Gasteiger partial charge in [0.2, 0.25) is 5.91 Å². The van der Waals surface area contributed by atoms with Crippen molar-refractivity contribution in [2.45, 2.75) is 70.3 Å². The van der Waals surface area contributed by atoms with Crippen LogP contribution in [-0.2, 0) is 4.79 Å². The molecule has 2 N–H and O–H groups in total. The van der Waals surface area contributed by atoms with Crippen LogP contribution in [0.4, 0.5) is 0 Å². The van der Waals surface area contributed by atoms with E-state index in [2.05, 4.69) is 5.32 Å². The van der Waals surface area contributed by atoms with Crippen LogP contribution in [0.1, 0.15) is 64.2 Å². The van der Waals surface area contributed by atoms with Gasteiger partial charge in [0, 0.05) is 6.54 Å². The third-order valence-corrected chi connectivity index (χ3v) is 3.26. The number of aliphatic hydroxyl groups is 1. The van der Waals surface area contributed by atoms with Crippen molar-refractivity contribution < 1.29 is 9.90 Å². The van der Waals surface area contributed by atoms with Crippen LogP contribution in [0.5, 0.6) is 0 Å². The monoisotopic (exact) mass is 227 g/mol. The van der Waals surface area contributed by atoms with Gasteiger partial charge in [0.25, 0.3) is 0 Å². The number of carbonyl (C=O) groups is 1. The van der Waals surface area contributed by atoms with Gasteiger partial charge < -0.3 is 10.4 Å².